The van der Waals surface area contributed by atoms with Crippen molar-refractivity contribution in [3.63, 3.8) is 0 Å². The predicted molar refractivity (Wildman–Crippen MR) is 138 cm³/mol. The summed E-state index contributed by atoms with van der Waals surface area (Å²) in [5.41, 5.74) is 1.81. The minimum atomic E-state index is -4.27. The summed E-state index contributed by atoms with van der Waals surface area (Å²) < 4.78 is 47.7. The largest absolute Gasteiger partial charge is 0.462 e. The summed E-state index contributed by atoms with van der Waals surface area (Å²) in [6.45, 7) is 3.03. The molecule has 1 amide bonds. The van der Waals surface area contributed by atoms with Gasteiger partial charge in [0.05, 0.1) is 22.8 Å². The molecule has 10 heteroatoms. The van der Waals surface area contributed by atoms with E-state index in [0.29, 0.717) is 17.0 Å². The second-order valence-corrected chi connectivity index (χ2v) is 11.4. The number of carbonyl (C=O) groups excluding carboxylic acids is 2. The summed E-state index contributed by atoms with van der Waals surface area (Å²) in [6.07, 6.45) is 3.42. The fourth-order valence-electron chi connectivity index (χ4n) is 4.16. The SMILES string of the molecule is CCOC(=O)c1c(NC(=O)CN(c2ccccc2F)S(=O)(=O)c2ccc(C)cc2)sc2c1CCCC2. The Morgan fingerprint density at radius 1 is 1.08 bits per heavy atom. The molecule has 0 spiro atoms. The third kappa shape index (κ3) is 5.29. The Morgan fingerprint density at radius 3 is 2.47 bits per heavy atom. The van der Waals surface area contributed by atoms with Gasteiger partial charge in [-0.1, -0.05) is 29.8 Å². The van der Waals surface area contributed by atoms with Crippen LogP contribution in [0.2, 0.25) is 0 Å². The van der Waals surface area contributed by atoms with E-state index in [1.54, 1.807) is 19.1 Å². The Morgan fingerprint density at radius 2 is 1.78 bits per heavy atom. The molecule has 1 aromatic heterocycles. The van der Waals surface area contributed by atoms with E-state index in [1.807, 2.05) is 6.92 Å². The van der Waals surface area contributed by atoms with Crippen LogP contribution in [0, 0.1) is 12.7 Å². The van der Waals surface area contributed by atoms with E-state index in [9.17, 15) is 22.4 Å². The highest BCUT2D eigenvalue weighted by Crippen LogP contribution is 2.38. The number of hydrogen-bond donors (Lipinski definition) is 1. The Bertz CT molecular complexity index is 1380. The number of benzene rings is 2. The van der Waals surface area contributed by atoms with Gasteiger partial charge in [-0.05, 0) is 69.4 Å². The molecule has 3 aromatic rings. The van der Waals surface area contributed by atoms with Crippen LogP contribution in [0.5, 0.6) is 0 Å². The summed E-state index contributed by atoms with van der Waals surface area (Å²) in [7, 11) is -4.27. The van der Waals surface area contributed by atoms with Gasteiger partial charge in [0.2, 0.25) is 5.91 Å². The highest BCUT2D eigenvalue weighted by Gasteiger charge is 2.31. The topological polar surface area (TPSA) is 92.8 Å². The lowest BCUT2D eigenvalue weighted by Crippen LogP contribution is -2.38. The van der Waals surface area contributed by atoms with Crippen LogP contribution in [0.4, 0.5) is 15.1 Å². The number of rotatable bonds is 8. The number of para-hydroxylation sites is 1. The third-order valence-electron chi connectivity index (χ3n) is 5.92. The summed E-state index contributed by atoms with van der Waals surface area (Å²) in [5.74, 6) is -2.00. The molecule has 7 nitrogen and oxygen atoms in total. The average Bonchev–Trinajstić information content (AvgIpc) is 3.21. The number of ether oxygens (including phenoxy) is 1. The number of carbonyl (C=O) groups is 2. The molecule has 0 saturated carbocycles. The molecular formula is C26H27FN2O5S2. The highest BCUT2D eigenvalue weighted by molar-refractivity contribution is 7.92. The number of fused-ring (bicyclic) bond motifs is 1. The molecule has 0 radical (unpaired) electrons. The van der Waals surface area contributed by atoms with Gasteiger partial charge in [0.25, 0.3) is 10.0 Å². The van der Waals surface area contributed by atoms with Crippen LogP contribution in [0.25, 0.3) is 0 Å². The van der Waals surface area contributed by atoms with E-state index in [-0.39, 0.29) is 17.2 Å². The van der Waals surface area contributed by atoms with Crippen molar-refractivity contribution < 1.29 is 27.1 Å². The van der Waals surface area contributed by atoms with Crippen molar-refractivity contribution >= 4 is 43.9 Å². The van der Waals surface area contributed by atoms with Gasteiger partial charge in [0.15, 0.2) is 0 Å². The zero-order valence-corrected chi connectivity index (χ0v) is 21.7. The molecule has 0 unspecified atom stereocenters. The monoisotopic (exact) mass is 530 g/mol. The van der Waals surface area contributed by atoms with Crippen LogP contribution in [0.15, 0.2) is 53.4 Å². The zero-order valence-electron chi connectivity index (χ0n) is 20.0. The van der Waals surface area contributed by atoms with Gasteiger partial charge in [-0.15, -0.1) is 11.3 Å². The average molecular weight is 531 g/mol. The Kier molecular flexibility index (Phi) is 7.75. The van der Waals surface area contributed by atoms with Crippen LogP contribution in [-0.2, 0) is 32.4 Å². The van der Waals surface area contributed by atoms with Gasteiger partial charge in [0.1, 0.15) is 17.4 Å². The normalized spacial score (nSPS) is 13.1. The molecular weight excluding hydrogens is 503 g/mol. The number of sulfonamides is 1. The van der Waals surface area contributed by atoms with Crippen LogP contribution in [-0.4, -0.2) is 33.4 Å². The fraction of sp³-hybridized carbons (Fsp3) is 0.308. The van der Waals surface area contributed by atoms with Gasteiger partial charge >= 0.3 is 5.97 Å². The first kappa shape index (κ1) is 25.8. The van der Waals surface area contributed by atoms with E-state index in [2.05, 4.69) is 5.32 Å². The Hall–Kier alpha value is -3.24. The maximum atomic E-state index is 14.7. The van der Waals surface area contributed by atoms with Crippen molar-refractivity contribution in [3.8, 4) is 0 Å². The lowest BCUT2D eigenvalue weighted by molar-refractivity contribution is -0.114. The molecule has 1 aliphatic rings. The van der Waals surface area contributed by atoms with Crippen LogP contribution >= 0.6 is 11.3 Å². The van der Waals surface area contributed by atoms with E-state index < -0.39 is 34.3 Å². The number of nitrogens with one attached hydrogen (secondary N) is 1. The van der Waals surface area contributed by atoms with Crippen molar-refractivity contribution in [1.29, 1.82) is 0 Å². The lowest BCUT2D eigenvalue weighted by atomic mass is 9.95. The standard InChI is InChI=1S/C26H27FN2O5S2/c1-3-34-26(31)24-19-8-4-7-11-22(19)35-25(24)28-23(30)16-29(21-10-6-5-9-20(21)27)36(32,33)18-14-12-17(2)13-15-18/h5-6,9-10,12-15H,3-4,7-8,11,16H2,1-2H3,(H,28,30). The molecule has 4 rings (SSSR count). The van der Waals surface area contributed by atoms with Crippen LogP contribution in [0.1, 0.15) is 46.1 Å². The maximum absolute atomic E-state index is 14.7. The maximum Gasteiger partial charge on any atom is 0.341 e. The van der Waals surface area contributed by atoms with E-state index in [4.69, 9.17) is 4.74 Å². The number of amides is 1. The molecule has 0 aliphatic heterocycles. The smallest absolute Gasteiger partial charge is 0.341 e. The molecule has 1 N–H and O–H groups in total. The molecule has 1 aliphatic carbocycles. The number of thiophene rings is 1. The van der Waals surface area contributed by atoms with Gasteiger partial charge in [0, 0.05) is 4.88 Å². The number of esters is 1. The first-order valence-corrected chi connectivity index (χ1v) is 13.9. The van der Waals surface area contributed by atoms with Gasteiger partial charge in [-0.25, -0.2) is 17.6 Å². The zero-order chi connectivity index (χ0) is 25.9. The van der Waals surface area contributed by atoms with Crippen molar-refractivity contribution in [3.05, 3.63) is 75.9 Å². The summed E-state index contributed by atoms with van der Waals surface area (Å²) in [4.78, 5) is 26.9. The van der Waals surface area contributed by atoms with Crippen molar-refractivity contribution in [2.45, 2.75) is 44.4 Å². The first-order valence-electron chi connectivity index (χ1n) is 11.7. The highest BCUT2D eigenvalue weighted by atomic mass is 32.2. The molecule has 0 saturated heterocycles. The summed E-state index contributed by atoms with van der Waals surface area (Å²) in [5, 5.41) is 3.04. The lowest BCUT2D eigenvalue weighted by Gasteiger charge is -2.24. The molecule has 1 heterocycles. The second-order valence-electron chi connectivity index (χ2n) is 8.46. The van der Waals surface area contributed by atoms with E-state index >= 15 is 0 Å². The van der Waals surface area contributed by atoms with Crippen molar-refractivity contribution in [1.82, 2.24) is 0 Å². The number of halogens is 1. The number of nitrogens with zero attached hydrogens (tertiary/aromatic N) is 1. The Balaban J connectivity index is 1.68. The molecule has 0 bridgehead atoms. The quantitative estimate of drug-likeness (QED) is 0.410. The number of aryl methyl sites for hydroxylation is 2. The van der Waals surface area contributed by atoms with Gasteiger partial charge < -0.3 is 10.1 Å². The fourth-order valence-corrected chi connectivity index (χ4v) is 6.88. The van der Waals surface area contributed by atoms with E-state index in [0.717, 1.165) is 45.6 Å². The summed E-state index contributed by atoms with van der Waals surface area (Å²) in [6, 6.07) is 11.5. The Labute approximate surface area is 214 Å². The second kappa shape index (κ2) is 10.8. The number of hydrogen-bond acceptors (Lipinski definition) is 6. The van der Waals surface area contributed by atoms with Gasteiger partial charge in [-0.2, -0.15) is 0 Å². The molecule has 2 aromatic carbocycles. The van der Waals surface area contributed by atoms with Crippen molar-refractivity contribution in [2.24, 2.45) is 0 Å². The summed E-state index contributed by atoms with van der Waals surface area (Å²) >= 11 is 1.30. The van der Waals surface area contributed by atoms with Gasteiger partial charge in [-0.3, -0.25) is 9.10 Å². The molecule has 190 valence electrons. The van der Waals surface area contributed by atoms with Crippen LogP contribution in [0.3, 0.4) is 0 Å². The van der Waals surface area contributed by atoms with E-state index in [1.165, 1.54) is 41.7 Å². The predicted octanol–water partition coefficient (Wildman–Crippen LogP) is 5.09. The first-order chi connectivity index (χ1) is 17.2. The minimum Gasteiger partial charge on any atom is -0.462 e. The molecule has 0 fully saturated rings. The van der Waals surface area contributed by atoms with Crippen molar-refractivity contribution in [2.75, 3.05) is 22.8 Å². The van der Waals surface area contributed by atoms with Crippen LogP contribution < -0.4 is 9.62 Å². The molecule has 36 heavy (non-hydrogen) atoms. The molecule has 0 atom stereocenters. The third-order valence-corrected chi connectivity index (χ3v) is 8.90. The number of anilines is 2. The minimum absolute atomic E-state index is 0.0667.